The van der Waals surface area contributed by atoms with Crippen LogP contribution in [-0.2, 0) is 9.59 Å². The Labute approximate surface area is 130 Å². The fourth-order valence-electron chi connectivity index (χ4n) is 2.57. The minimum Gasteiger partial charge on any atom is -0.342 e. The molecule has 0 aromatic heterocycles. The molecule has 5 heteroatoms. The Morgan fingerprint density at radius 3 is 2.62 bits per heavy atom. The van der Waals surface area contributed by atoms with Crippen LogP contribution in [0.15, 0.2) is 29.2 Å². The van der Waals surface area contributed by atoms with Crippen LogP contribution < -0.4 is 10.2 Å². The maximum absolute atomic E-state index is 12.9. The van der Waals surface area contributed by atoms with Crippen LogP contribution in [0.2, 0.25) is 0 Å². The lowest BCUT2D eigenvalue weighted by Gasteiger charge is -2.39. The monoisotopic (exact) mass is 306 g/mol. The van der Waals surface area contributed by atoms with E-state index in [-0.39, 0.29) is 17.7 Å². The van der Waals surface area contributed by atoms with Gasteiger partial charge in [-0.25, -0.2) is 0 Å². The molecule has 0 spiro atoms. The molecule has 0 radical (unpaired) electrons. The minimum absolute atomic E-state index is 0.0158. The van der Waals surface area contributed by atoms with Gasteiger partial charge in [-0.3, -0.25) is 14.5 Å². The van der Waals surface area contributed by atoms with Gasteiger partial charge in [-0.1, -0.05) is 32.4 Å². The van der Waals surface area contributed by atoms with Gasteiger partial charge in [0.2, 0.25) is 5.91 Å². The van der Waals surface area contributed by atoms with Gasteiger partial charge in [-0.2, -0.15) is 0 Å². The molecule has 1 aromatic rings. The quantitative estimate of drug-likeness (QED) is 0.870. The molecule has 21 heavy (non-hydrogen) atoms. The lowest BCUT2D eigenvalue weighted by molar-refractivity contribution is -0.134. The van der Waals surface area contributed by atoms with Crippen LogP contribution >= 0.6 is 11.8 Å². The molecule has 0 saturated carbocycles. The molecule has 114 valence electrons. The van der Waals surface area contributed by atoms with Crippen molar-refractivity contribution < 1.29 is 9.59 Å². The van der Waals surface area contributed by atoms with E-state index in [1.165, 1.54) is 0 Å². The van der Waals surface area contributed by atoms with Crippen molar-refractivity contribution in [3.8, 4) is 0 Å². The van der Waals surface area contributed by atoms with E-state index in [0.29, 0.717) is 0 Å². The molecule has 2 amide bonds. The standard InChI is InChI=1S/C16H22N2O2S/c1-5-10(2)14-16(20)18(11(3)15(19)17-14)12-8-6-7-9-13(12)21-4/h6-11,14H,5H2,1-4H3,(H,17,19). The Balaban J connectivity index is 2.43. The zero-order chi connectivity index (χ0) is 15.6. The Morgan fingerprint density at radius 2 is 2.00 bits per heavy atom. The van der Waals surface area contributed by atoms with Gasteiger partial charge in [0.25, 0.3) is 5.91 Å². The van der Waals surface area contributed by atoms with Gasteiger partial charge in [0.05, 0.1) is 5.69 Å². The average molecular weight is 306 g/mol. The van der Waals surface area contributed by atoms with Crippen LogP contribution in [0.25, 0.3) is 0 Å². The Kier molecular flexibility index (Phi) is 4.93. The Morgan fingerprint density at radius 1 is 1.33 bits per heavy atom. The molecule has 1 saturated heterocycles. The van der Waals surface area contributed by atoms with Crippen molar-refractivity contribution in [2.24, 2.45) is 5.92 Å². The summed E-state index contributed by atoms with van der Waals surface area (Å²) < 4.78 is 0. The molecular weight excluding hydrogens is 284 g/mol. The largest absolute Gasteiger partial charge is 0.342 e. The molecule has 1 aliphatic rings. The number of anilines is 1. The van der Waals surface area contributed by atoms with Crippen LogP contribution in [0.5, 0.6) is 0 Å². The summed E-state index contributed by atoms with van der Waals surface area (Å²) in [6.45, 7) is 5.80. The molecule has 1 aromatic carbocycles. The summed E-state index contributed by atoms with van der Waals surface area (Å²) in [6, 6.07) is 6.82. The number of nitrogens with one attached hydrogen (secondary N) is 1. The summed E-state index contributed by atoms with van der Waals surface area (Å²) in [5.74, 6) is 0.0200. The van der Waals surface area contributed by atoms with Crippen molar-refractivity contribution in [3.05, 3.63) is 24.3 Å². The number of thioether (sulfide) groups is 1. The average Bonchev–Trinajstić information content (AvgIpc) is 2.50. The molecule has 3 atom stereocenters. The molecule has 1 fully saturated rings. The van der Waals surface area contributed by atoms with E-state index >= 15 is 0 Å². The third-order valence-electron chi connectivity index (χ3n) is 4.13. The number of rotatable bonds is 4. The van der Waals surface area contributed by atoms with Gasteiger partial charge < -0.3 is 5.32 Å². The molecule has 0 aliphatic carbocycles. The van der Waals surface area contributed by atoms with Crippen molar-refractivity contribution in [3.63, 3.8) is 0 Å². The van der Waals surface area contributed by atoms with E-state index in [9.17, 15) is 9.59 Å². The molecule has 4 nitrogen and oxygen atoms in total. The van der Waals surface area contributed by atoms with Crippen molar-refractivity contribution >= 4 is 29.3 Å². The smallest absolute Gasteiger partial charge is 0.250 e. The molecule has 0 bridgehead atoms. The number of hydrogen-bond donors (Lipinski definition) is 1. The van der Waals surface area contributed by atoms with E-state index in [4.69, 9.17) is 0 Å². The summed E-state index contributed by atoms with van der Waals surface area (Å²) >= 11 is 1.58. The number of carbonyl (C=O) groups excluding carboxylic acids is 2. The number of piperazine rings is 1. The zero-order valence-corrected chi connectivity index (χ0v) is 13.7. The van der Waals surface area contributed by atoms with Crippen LogP contribution in [0.4, 0.5) is 5.69 Å². The fourth-order valence-corrected chi connectivity index (χ4v) is 3.16. The normalized spacial score (nSPS) is 23.9. The molecule has 1 N–H and O–H groups in total. The van der Waals surface area contributed by atoms with Crippen LogP contribution in [0.1, 0.15) is 27.2 Å². The Hall–Kier alpha value is -1.49. The highest BCUT2D eigenvalue weighted by molar-refractivity contribution is 7.98. The first-order valence-electron chi connectivity index (χ1n) is 7.27. The van der Waals surface area contributed by atoms with Crippen molar-refractivity contribution in [1.29, 1.82) is 0 Å². The van der Waals surface area contributed by atoms with Gasteiger partial charge in [-0.05, 0) is 31.2 Å². The predicted octanol–water partition coefficient (Wildman–Crippen LogP) is 2.67. The first-order chi connectivity index (χ1) is 10.0. The summed E-state index contributed by atoms with van der Waals surface area (Å²) in [7, 11) is 0. The van der Waals surface area contributed by atoms with Crippen LogP contribution in [0.3, 0.4) is 0 Å². The summed E-state index contributed by atoms with van der Waals surface area (Å²) in [5.41, 5.74) is 0.825. The van der Waals surface area contributed by atoms with Crippen molar-refractivity contribution in [1.82, 2.24) is 5.32 Å². The number of para-hydroxylation sites is 1. The highest BCUT2D eigenvalue weighted by atomic mass is 32.2. The second kappa shape index (κ2) is 6.52. The number of amides is 2. The zero-order valence-electron chi connectivity index (χ0n) is 12.9. The molecule has 1 aliphatic heterocycles. The molecule has 2 rings (SSSR count). The van der Waals surface area contributed by atoms with Gasteiger partial charge >= 0.3 is 0 Å². The van der Waals surface area contributed by atoms with Crippen molar-refractivity contribution in [2.45, 2.75) is 44.2 Å². The minimum atomic E-state index is -0.480. The third kappa shape index (κ3) is 2.93. The van der Waals surface area contributed by atoms with Gasteiger partial charge in [-0.15, -0.1) is 11.8 Å². The van der Waals surface area contributed by atoms with E-state index in [1.54, 1.807) is 23.6 Å². The summed E-state index contributed by atoms with van der Waals surface area (Å²) in [5, 5.41) is 2.87. The maximum atomic E-state index is 12.9. The van der Waals surface area contributed by atoms with E-state index in [0.717, 1.165) is 17.0 Å². The molecule has 3 unspecified atom stereocenters. The highest BCUT2D eigenvalue weighted by Crippen LogP contribution is 2.32. The van der Waals surface area contributed by atoms with Gasteiger partial charge in [0, 0.05) is 4.90 Å². The van der Waals surface area contributed by atoms with Gasteiger partial charge in [0.1, 0.15) is 12.1 Å². The number of benzene rings is 1. The van der Waals surface area contributed by atoms with Crippen LogP contribution in [-0.4, -0.2) is 30.2 Å². The summed E-state index contributed by atoms with van der Waals surface area (Å²) in [4.78, 5) is 27.8. The molecule has 1 heterocycles. The highest BCUT2D eigenvalue weighted by Gasteiger charge is 2.41. The maximum Gasteiger partial charge on any atom is 0.250 e. The Bertz CT molecular complexity index is 547. The number of carbonyl (C=O) groups is 2. The predicted molar refractivity (Wildman–Crippen MR) is 86.6 cm³/mol. The van der Waals surface area contributed by atoms with Crippen LogP contribution in [0, 0.1) is 5.92 Å². The first kappa shape index (κ1) is 15.9. The summed E-state index contributed by atoms with van der Waals surface area (Å²) in [6.07, 6.45) is 2.83. The third-order valence-corrected chi connectivity index (χ3v) is 4.91. The van der Waals surface area contributed by atoms with E-state index in [1.807, 2.05) is 44.4 Å². The lowest BCUT2D eigenvalue weighted by Crippen LogP contribution is -2.64. The van der Waals surface area contributed by atoms with Gasteiger partial charge in [0.15, 0.2) is 0 Å². The lowest BCUT2D eigenvalue weighted by atomic mass is 9.94. The van der Waals surface area contributed by atoms with E-state index < -0.39 is 12.1 Å². The second-order valence-corrected chi connectivity index (χ2v) is 6.28. The first-order valence-corrected chi connectivity index (χ1v) is 8.50. The second-order valence-electron chi connectivity index (χ2n) is 5.43. The van der Waals surface area contributed by atoms with E-state index in [2.05, 4.69) is 5.32 Å². The molecular formula is C16H22N2O2S. The number of nitrogens with zero attached hydrogens (tertiary/aromatic N) is 1. The van der Waals surface area contributed by atoms with Crippen molar-refractivity contribution in [2.75, 3.05) is 11.2 Å². The topological polar surface area (TPSA) is 49.4 Å². The SMILES string of the molecule is CCC(C)C1NC(=O)C(C)N(c2ccccc2SC)C1=O. The number of hydrogen-bond acceptors (Lipinski definition) is 3. The fraction of sp³-hybridized carbons (Fsp3) is 0.500.